The molecule has 1 unspecified atom stereocenters. The second-order valence-corrected chi connectivity index (χ2v) is 8.54. The monoisotopic (exact) mass is 424 g/mol. The fourth-order valence-electron chi connectivity index (χ4n) is 4.31. The van der Waals surface area contributed by atoms with E-state index in [1.807, 2.05) is 0 Å². The summed E-state index contributed by atoms with van der Waals surface area (Å²) in [6.07, 6.45) is 5.31. The van der Waals surface area contributed by atoms with E-state index in [1.165, 1.54) is 31.4 Å². The van der Waals surface area contributed by atoms with Crippen LogP contribution in [0, 0.1) is 23.5 Å². The van der Waals surface area contributed by atoms with Crippen molar-refractivity contribution in [3.05, 3.63) is 29.3 Å². The molecule has 0 spiro atoms. The van der Waals surface area contributed by atoms with E-state index in [0.717, 1.165) is 31.8 Å². The molecule has 2 saturated heterocycles. The number of methoxy groups -OCH3 is 1. The Labute approximate surface area is 178 Å². The summed E-state index contributed by atoms with van der Waals surface area (Å²) in [6, 6.07) is 2.38. The summed E-state index contributed by atoms with van der Waals surface area (Å²) >= 11 is 0. The average molecular weight is 425 g/mol. The highest BCUT2D eigenvalue weighted by Crippen LogP contribution is 2.27. The lowest BCUT2D eigenvalue weighted by molar-refractivity contribution is -0.142. The van der Waals surface area contributed by atoms with Gasteiger partial charge in [-0.1, -0.05) is 13.3 Å². The molecule has 1 amide bonds. The number of likely N-dealkylation sites (tertiary alicyclic amines) is 1. The SMILES string of the molecule is CCC(CCOc1cc(F)c(CC(=O)N2CC(OC)C2)c(F)c1)CC1CCNCC1. The molecule has 1 N–H and O–H groups in total. The zero-order valence-electron chi connectivity index (χ0n) is 18.1. The predicted octanol–water partition coefficient (Wildman–Crippen LogP) is 3.55. The second kappa shape index (κ2) is 11.0. The third kappa shape index (κ3) is 6.14. The summed E-state index contributed by atoms with van der Waals surface area (Å²) in [5.74, 6) is -0.256. The molecule has 168 valence electrons. The van der Waals surface area contributed by atoms with Gasteiger partial charge in [-0.25, -0.2) is 8.78 Å². The van der Waals surface area contributed by atoms with Crippen molar-refractivity contribution >= 4 is 5.91 Å². The number of hydrogen-bond acceptors (Lipinski definition) is 4. The van der Waals surface area contributed by atoms with Crippen molar-refractivity contribution < 1.29 is 23.0 Å². The van der Waals surface area contributed by atoms with Gasteiger partial charge in [-0.15, -0.1) is 0 Å². The topological polar surface area (TPSA) is 50.8 Å². The molecular weight excluding hydrogens is 390 g/mol. The molecule has 1 atom stereocenters. The van der Waals surface area contributed by atoms with E-state index >= 15 is 0 Å². The molecule has 3 rings (SSSR count). The van der Waals surface area contributed by atoms with E-state index in [0.29, 0.717) is 25.6 Å². The highest BCUT2D eigenvalue weighted by molar-refractivity contribution is 5.79. The Bertz CT molecular complexity index is 681. The van der Waals surface area contributed by atoms with Gasteiger partial charge in [0.1, 0.15) is 17.4 Å². The fourth-order valence-corrected chi connectivity index (χ4v) is 4.31. The average Bonchev–Trinajstić information content (AvgIpc) is 2.70. The molecule has 5 nitrogen and oxygen atoms in total. The Morgan fingerprint density at radius 2 is 1.90 bits per heavy atom. The van der Waals surface area contributed by atoms with Crippen LogP contribution in [0.5, 0.6) is 5.75 Å². The number of ether oxygens (including phenoxy) is 2. The number of amides is 1. The van der Waals surface area contributed by atoms with Crippen LogP contribution in [0.1, 0.15) is 44.6 Å². The van der Waals surface area contributed by atoms with E-state index in [4.69, 9.17) is 9.47 Å². The van der Waals surface area contributed by atoms with Crippen LogP contribution in [0.2, 0.25) is 0 Å². The molecule has 0 aromatic heterocycles. The van der Waals surface area contributed by atoms with E-state index in [9.17, 15) is 13.6 Å². The summed E-state index contributed by atoms with van der Waals surface area (Å²) in [7, 11) is 1.58. The number of halogens is 2. The van der Waals surface area contributed by atoms with Gasteiger partial charge in [0.2, 0.25) is 5.91 Å². The Balaban J connectivity index is 1.47. The van der Waals surface area contributed by atoms with Gasteiger partial charge in [0.25, 0.3) is 0 Å². The molecule has 0 saturated carbocycles. The van der Waals surface area contributed by atoms with E-state index < -0.39 is 11.6 Å². The van der Waals surface area contributed by atoms with Crippen molar-refractivity contribution in [2.75, 3.05) is 39.9 Å². The first-order chi connectivity index (χ1) is 14.5. The van der Waals surface area contributed by atoms with Gasteiger partial charge in [0.15, 0.2) is 0 Å². The summed E-state index contributed by atoms with van der Waals surface area (Å²) in [6.45, 7) is 5.74. The summed E-state index contributed by atoms with van der Waals surface area (Å²) < 4.78 is 39.7. The number of benzene rings is 1. The molecule has 30 heavy (non-hydrogen) atoms. The Kier molecular flexibility index (Phi) is 8.45. The van der Waals surface area contributed by atoms with Crippen molar-refractivity contribution in [1.29, 1.82) is 0 Å². The third-order valence-corrected chi connectivity index (χ3v) is 6.47. The number of nitrogens with one attached hydrogen (secondary N) is 1. The maximum atomic E-state index is 14.4. The molecule has 1 aromatic carbocycles. The second-order valence-electron chi connectivity index (χ2n) is 8.54. The van der Waals surface area contributed by atoms with Crippen LogP contribution in [0.25, 0.3) is 0 Å². The van der Waals surface area contributed by atoms with Gasteiger partial charge in [0.05, 0.1) is 19.1 Å². The minimum absolute atomic E-state index is 0.0150. The first kappa shape index (κ1) is 22.9. The third-order valence-electron chi connectivity index (χ3n) is 6.47. The number of hydrogen-bond donors (Lipinski definition) is 1. The minimum Gasteiger partial charge on any atom is -0.493 e. The first-order valence-electron chi connectivity index (χ1n) is 11.1. The van der Waals surface area contributed by atoms with Gasteiger partial charge in [-0.3, -0.25) is 4.79 Å². The summed E-state index contributed by atoms with van der Waals surface area (Å²) in [5.41, 5.74) is -0.203. The predicted molar refractivity (Wildman–Crippen MR) is 112 cm³/mol. The lowest BCUT2D eigenvalue weighted by Crippen LogP contribution is -2.54. The fraction of sp³-hybridized carbons (Fsp3) is 0.696. The molecule has 0 aliphatic carbocycles. The summed E-state index contributed by atoms with van der Waals surface area (Å²) in [4.78, 5) is 13.7. The molecule has 2 heterocycles. The molecule has 7 heteroatoms. The smallest absolute Gasteiger partial charge is 0.227 e. The zero-order valence-corrected chi connectivity index (χ0v) is 18.1. The maximum Gasteiger partial charge on any atom is 0.227 e. The van der Waals surface area contributed by atoms with Crippen molar-refractivity contribution in [3.63, 3.8) is 0 Å². The van der Waals surface area contributed by atoms with Gasteiger partial charge in [0, 0.05) is 37.9 Å². The Morgan fingerprint density at radius 1 is 1.23 bits per heavy atom. The number of rotatable bonds is 10. The highest BCUT2D eigenvalue weighted by atomic mass is 19.1. The van der Waals surface area contributed by atoms with Crippen LogP contribution in [-0.2, 0) is 16.0 Å². The Morgan fingerprint density at radius 3 is 2.50 bits per heavy atom. The molecule has 2 fully saturated rings. The van der Waals surface area contributed by atoms with Crippen molar-refractivity contribution in [2.45, 2.75) is 51.6 Å². The molecule has 1 aromatic rings. The molecule has 2 aliphatic rings. The first-order valence-corrected chi connectivity index (χ1v) is 11.1. The largest absolute Gasteiger partial charge is 0.493 e. The van der Waals surface area contributed by atoms with Crippen LogP contribution in [0.15, 0.2) is 12.1 Å². The van der Waals surface area contributed by atoms with E-state index in [1.54, 1.807) is 12.0 Å². The van der Waals surface area contributed by atoms with E-state index in [2.05, 4.69) is 12.2 Å². The van der Waals surface area contributed by atoms with Crippen LogP contribution in [-0.4, -0.2) is 56.8 Å². The lowest BCUT2D eigenvalue weighted by atomic mass is 9.85. The maximum absolute atomic E-state index is 14.4. The molecule has 0 radical (unpaired) electrons. The number of piperidine rings is 1. The van der Waals surface area contributed by atoms with Crippen LogP contribution < -0.4 is 10.1 Å². The number of carbonyl (C=O) groups excluding carboxylic acids is 1. The normalized spacial score (nSPS) is 18.9. The number of carbonyl (C=O) groups is 1. The number of nitrogens with zero attached hydrogens (tertiary/aromatic N) is 1. The van der Waals surface area contributed by atoms with E-state index in [-0.39, 0.29) is 29.7 Å². The van der Waals surface area contributed by atoms with Gasteiger partial charge < -0.3 is 19.7 Å². The van der Waals surface area contributed by atoms with Gasteiger partial charge >= 0.3 is 0 Å². The minimum atomic E-state index is -0.732. The quantitative estimate of drug-likeness (QED) is 0.624. The van der Waals surface area contributed by atoms with Gasteiger partial charge in [-0.05, 0) is 50.6 Å². The van der Waals surface area contributed by atoms with Crippen molar-refractivity contribution in [3.8, 4) is 5.75 Å². The standard InChI is InChI=1S/C23H34F2N2O3/c1-3-16(10-17-4-7-26-8-5-17)6-9-30-18-11-21(24)20(22(25)12-18)13-23(28)27-14-19(15-27)29-2/h11-12,16-17,19,26H,3-10,13-15H2,1-2H3. The Hall–Kier alpha value is -1.73. The zero-order chi connectivity index (χ0) is 21.5. The van der Waals surface area contributed by atoms with Crippen LogP contribution in [0.4, 0.5) is 8.78 Å². The van der Waals surface area contributed by atoms with Crippen LogP contribution >= 0.6 is 0 Å². The lowest BCUT2D eigenvalue weighted by Gasteiger charge is -2.38. The molecule has 2 aliphatic heterocycles. The van der Waals surface area contributed by atoms with Gasteiger partial charge in [-0.2, -0.15) is 0 Å². The molecule has 0 bridgehead atoms. The molecular formula is C23H34F2N2O3. The summed E-state index contributed by atoms with van der Waals surface area (Å²) in [5, 5.41) is 3.39. The highest BCUT2D eigenvalue weighted by Gasteiger charge is 2.31. The van der Waals surface area contributed by atoms with Crippen molar-refractivity contribution in [2.24, 2.45) is 11.8 Å². The van der Waals surface area contributed by atoms with Crippen LogP contribution in [0.3, 0.4) is 0 Å². The van der Waals surface area contributed by atoms with Crippen molar-refractivity contribution in [1.82, 2.24) is 10.2 Å².